The van der Waals surface area contributed by atoms with Crippen molar-refractivity contribution in [3.05, 3.63) is 34.6 Å². The Hall–Kier alpha value is -0.640. The lowest BCUT2D eigenvalue weighted by Crippen LogP contribution is -2.38. The molecule has 0 bridgehead atoms. The Balaban J connectivity index is 2.18. The summed E-state index contributed by atoms with van der Waals surface area (Å²) in [6.45, 7) is 3.60. The lowest BCUT2D eigenvalue weighted by atomic mass is 10.1. The average Bonchev–Trinajstić information content (AvgIpc) is 2.22. The molecule has 1 heterocycles. The van der Waals surface area contributed by atoms with Crippen molar-refractivity contribution in [2.45, 2.75) is 19.1 Å². The van der Waals surface area contributed by atoms with E-state index in [1.165, 1.54) is 6.07 Å². The van der Waals surface area contributed by atoms with Gasteiger partial charge in [0, 0.05) is 13.1 Å². The van der Waals surface area contributed by atoms with Gasteiger partial charge in [-0.15, -0.1) is 0 Å². The molecule has 2 unspecified atom stereocenters. The van der Waals surface area contributed by atoms with Crippen molar-refractivity contribution in [1.82, 2.24) is 5.32 Å². The Morgan fingerprint density at radius 2 is 2.27 bits per heavy atom. The molecule has 0 radical (unpaired) electrons. The molecule has 1 saturated heterocycles. The highest BCUT2D eigenvalue weighted by Crippen LogP contribution is 2.25. The Morgan fingerprint density at radius 1 is 1.47 bits per heavy atom. The van der Waals surface area contributed by atoms with Crippen LogP contribution in [-0.2, 0) is 4.74 Å². The van der Waals surface area contributed by atoms with Crippen LogP contribution in [0.3, 0.4) is 0 Å². The molecule has 1 aliphatic rings. The Labute approximate surface area is 93.4 Å². The lowest BCUT2D eigenvalue weighted by Gasteiger charge is -2.29. The van der Waals surface area contributed by atoms with Gasteiger partial charge in [-0.05, 0) is 24.6 Å². The molecule has 82 valence electrons. The van der Waals surface area contributed by atoms with Crippen LogP contribution >= 0.6 is 11.6 Å². The van der Waals surface area contributed by atoms with Crippen LogP contribution in [0.1, 0.15) is 18.6 Å². The van der Waals surface area contributed by atoms with E-state index in [0.29, 0.717) is 0 Å². The summed E-state index contributed by atoms with van der Waals surface area (Å²) >= 11 is 5.72. The van der Waals surface area contributed by atoms with Gasteiger partial charge in [0.1, 0.15) is 5.82 Å². The lowest BCUT2D eigenvalue weighted by molar-refractivity contribution is -0.0287. The maximum absolute atomic E-state index is 13.0. The van der Waals surface area contributed by atoms with E-state index in [2.05, 4.69) is 5.32 Å². The van der Waals surface area contributed by atoms with E-state index in [4.69, 9.17) is 16.3 Å². The first-order valence-electron chi connectivity index (χ1n) is 4.98. The van der Waals surface area contributed by atoms with E-state index in [9.17, 15) is 4.39 Å². The number of hydrogen-bond donors (Lipinski definition) is 1. The zero-order valence-corrected chi connectivity index (χ0v) is 9.22. The summed E-state index contributed by atoms with van der Waals surface area (Å²) in [5, 5.41) is 3.40. The van der Waals surface area contributed by atoms with Crippen molar-refractivity contribution in [1.29, 1.82) is 0 Å². The molecule has 1 aromatic rings. The normalized spacial score (nSPS) is 26.6. The van der Waals surface area contributed by atoms with Crippen molar-refractivity contribution in [2.75, 3.05) is 13.1 Å². The van der Waals surface area contributed by atoms with Gasteiger partial charge in [0.05, 0.1) is 17.2 Å². The standard InChI is InChI=1S/C11H13ClFNO/c1-7-5-14-6-11(15-7)8-2-3-10(13)9(12)4-8/h2-4,7,11,14H,5-6H2,1H3. The fourth-order valence-corrected chi connectivity index (χ4v) is 1.89. The van der Waals surface area contributed by atoms with Crippen LogP contribution in [0.25, 0.3) is 0 Å². The van der Waals surface area contributed by atoms with Crippen molar-refractivity contribution in [3.63, 3.8) is 0 Å². The number of ether oxygens (including phenoxy) is 1. The third kappa shape index (κ3) is 2.48. The van der Waals surface area contributed by atoms with Gasteiger partial charge in [-0.25, -0.2) is 4.39 Å². The van der Waals surface area contributed by atoms with E-state index in [0.717, 1.165) is 18.7 Å². The van der Waals surface area contributed by atoms with Gasteiger partial charge in [0.25, 0.3) is 0 Å². The topological polar surface area (TPSA) is 21.3 Å². The summed E-state index contributed by atoms with van der Waals surface area (Å²) in [4.78, 5) is 0. The summed E-state index contributed by atoms with van der Waals surface area (Å²) in [6, 6.07) is 4.72. The summed E-state index contributed by atoms with van der Waals surface area (Å²) in [6.07, 6.45) is 0.138. The van der Waals surface area contributed by atoms with Crippen molar-refractivity contribution in [3.8, 4) is 0 Å². The predicted octanol–water partition coefficient (Wildman–Crippen LogP) is 2.53. The highest BCUT2D eigenvalue weighted by Gasteiger charge is 2.20. The number of benzene rings is 1. The second-order valence-corrected chi connectivity index (χ2v) is 4.17. The minimum atomic E-state index is -0.391. The van der Waals surface area contributed by atoms with Crippen LogP contribution in [0.4, 0.5) is 4.39 Å². The van der Waals surface area contributed by atoms with Gasteiger partial charge in [-0.1, -0.05) is 17.7 Å². The largest absolute Gasteiger partial charge is 0.368 e. The van der Waals surface area contributed by atoms with E-state index in [1.807, 2.05) is 6.92 Å². The molecule has 0 aromatic heterocycles. The van der Waals surface area contributed by atoms with Gasteiger partial charge < -0.3 is 10.1 Å². The molecule has 0 amide bonds. The maximum atomic E-state index is 13.0. The molecular weight excluding hydrogens is 217 g/mol. The number of halogens is 2. The van der Waals surface area contributed by atoms with Gasteiger partial charge in [0.15, 0.2) is 0 Å². The first-order valence-corrected chi connectivity index (χ1v) is 5.35. The molecule has 4 heteroatoms. The zero-order valence-electron chi connectivity index (χ0n) is 8.47. The van der Waals surface area contributed by atoms with Gasteiger partial charge in [0.2, 0.25) is 0 Å². The molecule has 0 saturated carbocycles. The minimum absolute atomic E-state index is 0.0353. The summed E-state index contributed by atoms with van der Waals surface area (Å²) in [5.41, 5.74) is 0.917. The van der Waals surface area contributed by atoms with Crippen molar-refractivity contribution < 1.29 is 9.13 Å². The average molecular weight is 230 g/mol. The summed E-state index contributed by atoms with van der Waals surface area (Å²) in [5.74, 6) is -0.391. The second-order valence-electron chi connectivity index (χ2n) is 3.77. The third-order valence-corrected chi connectivity index (χ3v) is 2.76. The minimum Gasteiger partial charge on any atom is -0.368 e. The van der Waals surface area contributed by atoms with E-state index >= 15 is 0 Å². The molecule has 2 atom stereocenters. The fourth-order valence-electron chi connectivity index (χ4n) is 1.70. The Bertz CT molecular complexity index is 358. The van der Waals surface area contributed by atoms with Crippen LogP contribution < -0.4 is 5.32 Å². The van der Waals surface area contributed by atoms with Crippen LogP contribution in [0.15, 0.2) is 18.2 Å². The van der Waals surface area contributed by atoms with Gasteiger partial charge >= 0.3 is 0 Å². The SMILES string of the molecule is CC1CNCC(c2ccc(F)c(Cl)c2)O1. The first kappa shape index (κ1) is 10.9. The molecule has 15 heavy (non-hydrogen) atoms. The molecule has 1 N–H and O–H groups in total. The van der Waals surface area contributed by atoms with Gasteiger partial charge in [-0.3, -0.25) is 0 Å². The molecule has 2 rings (SSSR count). The van der Waals surface area contributed by atoms with Crippen molar-refractivity contribution >= 4 is 11.6 Å². The predicted molar refractivity (Wildman–Crippen MR) is 57.6 cm³/mol. The van der Waals surface area contributed by atoms with E-state index in [1.54, 1.807) is 12.1 Å². The highest BCUT2D eigenvalue weighted by atomic mass is 35.5. The van der Waals surface area contributed by atoms with E-state index in [-0.39, 0.29) is 17.2 Å². The van der Waals surface area contributed by atoms with Crippen LogP contribution in [0, 0.1) is 5.82 Å². The third-order valence-electron chi connectivity index (χ3n) is 2.47. The van der Waals surface area contributed by atoms with Crippen LogP contribution in [0.5, 0.6) is 0 Å². The molecule has 0 spiro atoms. The Kier molecular flexibility index (Phi) is 3.24. The van der Waals surface area contributed by atoms with Gasteiger partial charge in [-0.2, -0.15) is 0 Å². The van der Waals surface area contributed by atoms with Crippen molar-refractivity contribution in [2.24, 2.45) is 0 Å². The number of morpholine rings is 1. The summed E-state index contributed by atoms with van der Waals surface area (Å²) in [7, 11) is 0. The molecule has 1 fully saturated rings. The number of hydrogen-bond acceptors (Lipinski definition) is 2. The number of rotatable bonds is 1. The second kappa shape index (κ2) is 4.47. The summed E-state index contributed by atoms with van der Waals surface area (Å²) < 4.78 is 18.7. The Morgan fingerprint density at radius 3 is 2.93 bits per heavy atom. The molecule has 1 aliphatic heterocycles. The first-order chi connectivity index (χ1) is 7.16. The maximum Gasteiger partial charge on any atom is 0.141 e. The quantitative estimate of drug-likeness (QED) is 0.799. The molecule has 1 aromatic carbocycles. The fraction of sp³-hybridized carbons (Fsp3) is 0.455. The highest BCUT2D eigenvalue weighted by molar-refractivity contribution is 6.30. The zero-order chi connectivity index (χ0) is 10.8. The monoisotopic (exact) mass is 229 g/mol. The molecular formula is C11H13ClFNO. The smallest absolute Gasteiger partial charge is 0.141 e. The molecule has 2 nitrogen and oxygen atoms in total. The van der Waals surface area contributed by atoms with Crippen LogP contribution in [-0.4, -0.2) is 19.2 Å². The molecule has 0 aliphatic carbocycles. The van der Waals surface area contributed by atoms with Crippen LogP contribution in [0.2, 0.25) is 5.02 Å². The number of nitrogens with one attached hydrogen (secondary N) is 1. The van der Waals surface area contributed by atoms with E-state index < -0.39 is 5.82 Å².